The molecule has 0 saturated carbocycles. The van der Waals surface area contributed by atoms with Crippen LogP contribution in [0.2, 0.25) is 0 Å². The quantitative estimate of drug-likeness (QED) is 0.752. The van der Waals surface area contributed by atoms with Crippen LogP contribution in [-0.4, -0.2) is 48.2 Å². The van der Waals surface area contributed by atoms with Crippen LogP contribution in [-0.2, 0) is 20.6 Å². The number of hydrogen-bond acceptors (Lipinski definition) is 4. The second-order valence-electron chi connectivity index (χ2n) is 4.23. The molecular weight excluding hydrogens is 246 g/mol. The van der Waals surface area contributed by atoms with Crippen LogP contribution in [0.1, 0.15) is 26.2 Å². The molecule has 0 radical (unpaired) electrons. The third-order valence-corrected chi connectivity index (χ3v) is 5.99. The molecule has 0 spiro atoms. The van der Waals surface area contributed by atoms with Crippen LogP contribution >= 0.6 is 0 Å². The molecule has 1 saturated heterocycles. The maximum Gasteiger partial charge on any atom is 0.151 e. The molecule has 1 aliphatic heterocycles. The molecule has 0 amide bonds. The van der Waals surface area contributed by atoms with Gasteiger partial charge in [0, 0.05) is 40.6 Å². The van der Waals surface area contributed by atoms with E-state index >= 15 is 0 Å². The molecule has 1 N–H and O–H groups in total. The first-order chi connectivity index (χ1) is 7.53. The van der Waals surface area contributed by atoms with Crippen molar-refractivity contribution in [3.8, 4) is 0 Å². The molecule has 96 valence electrons. The van der Waals surface area contributed by atoms with Gasteiger partial charge in [-0.2, -0.15) is 0 Å². The highest BCUT2D eigenvalue weighted by Crippen LogP contribution is 2.08. The van der Waals surface area contributed by atoms with Gasteiger partial charge in [0.25, 0.3) is 0 Å². The van der Waals surface area contributed by atoms with E-state index in [2.05, 4.69) is 5.32 Å². The van der Waals surface area contributed by atoms with E-state index in [-0.39, 0.29) is 11.5 Å². The zero-order valence-electron chi connectivity index (χ0n) is 9.78. The largest absolute Gasteiger partial charge is 0.313 e. The van der Waals surface area contributed by atoms with Gasteiger partial charge in [0.2, 0.25) is 0 Å². The molecule has 0 bridgehead atoms. The summed E-state index contributed by atoms with van der Waals surface area (Å²) in [5, 5.41) is 3.24. The zero-order chi connectivity index (χ0) is 12.0. The first-order valence-electron chi connectivity index (χ1n) is 5.82. The van der Waals surface area contributed by atoms with Crippen LogP contribution in [0.5, 0.6) is 0 Å². The summed E-state index contributed by atoms with van der Waals surface area (Å²) >= 11 is 0. The van der Waals surface area contributed by atoms with Crippen molar-refractivity contribution in [3.05, 3.63) is 0 Å². The first-order valence-corrected chi connectivity index (χ1v) is 9.13. The van der Waals surface area contributed by atoms with Crippen LogP contribution < -0.4 is 5.32 Å². The summed E-state index contributed by atoms with van der Waals surface area (Å²) in [6, 6.07) is 0.356. The van der Waals surface area contributed by atoms with Gasteiger partial charge < -0.3 is 5.32 Å². The number of hydrogen-bond donors (Lipinski definition) is 1. The number of rotatable bonds is 6. The Morgan fingerprint density at radius 2 is 1.88 bits per heavy atom. The minimum atomic E-state index is -2.87. The predicted octanol–water partition coefficient (Wildman–Crippen LogP) is 0.312. The average molecular weight is 267 g/mol. The van der Waals surface area contributed by atoms with Gasteiger partial charge in [-0.25, -0.2) is 8.42 Å². The van der Waals surface area contributed by atoms with Crippen molar-refractivity contribution in [1.29, 1.82) is 0 Å². The lowest BCUT2D eigenvalue weighted by molar-refractivity contribution is 0.487. The SMILES string of the molecule is CCCS(=O)(=O)CCNC1CCS(=O)CC1. The first kappa shape index (κ1) is 14.1. The minimum Gasteiger partial charge on any atom is -0.313 e. The van der Waals surface area contributed by atoms with E-state index in [0.717, 1.165) is 24.3 Å². The molecule has 0 aliphatic carbocycles. The lowest BCUT2D eigenvalue weighted by Gasteiger charge is -2.22. The second-order valence-corrected chi connectivity index (χ2v) is 8.23. The summed E-state index contributed by atoms with van der Waals surface area (Å²) in [5.74, 6) is 2.00. The van der Waals surface area contributed by atoms with E-state index in [1.165, 1.54) is 0 Å². The van der Waals surface area contributed by atoms with Gasteiger partial charge in [-0.15, -0.1) is 0 Å². The van der Waals surface area contributed by atoms with E-state index in [0.29, 0.717) is 19.0 Å². The predicted molar refractivity (Wildman–Crippen MR) is 67.8 cm³/mol. The van der Waals surface area contributed by atoms with Crippen LogP contribution in [0.4, 0.5) is 0 Å². The third-order valence-electron chi connectivity index (χ3n) is 2.75. The summed E-state index contributed by atoms with van der Waals surface area (Å²) in [5.41, 5.74) is 0. The number of sulfone groups is 1. The molecule has 0 aromatic rings. The molecule has 4 nitrogen and oxygen atoms in total. The molecule has 0 unspecified atom stereocenters. The molecule has 0 aromatic heterocycles. The molecule has 16 heavy (non-hydrogen) atoms. The highest BCUT2D eigenvalue weighted by molar-refractivity contribution is 7.91. The van der Waals surface area contributed by atoms with Gasteiger partial charge in [-0.1, -0.05) is 6.92 Å². The Morgan fingerprint density at radius 3 is 2.44 bits per heavy atom. The summed E-state index contributed by atoms with van der Waals surface area (Å²) in [7, 11) is -3.51. The van der Waals surface area contributed by atoms with Gasteiger partial charge in [0.15, 0.2) is 9.84 Å². The van der Waals surface area contributed by atoms with Gasteiger partial charge in [0.05, 0.1) is 5.75 Å². The maximum absolute atomic E-state index is 11.4. The molecule has 1 heterocycles. The van der Waals surface area contributed by atoms with Gasteiger partial charge in [0.1, 0.15) is 0 Å². The van der Waals surface area contributed by atoms with Crippen LogP contribution in [0.3, 0.4) is 0 Å². The molecule has 0 aromatic carbocycles. The van der Waals surface area contributed by atoms with Gasteiger partial charge in [-0.05, 0) is 19.3 Å². The normalized spacial score (nSPS) is 26.8. The molecule has 1 rings (SSSR count). The summed E-state index contributed by atoms with van der Waals surface area (Å²) in [6.07, 6.45) is 2.49. The van der Waals surface area contributed by atoms with Crippen molar-refractivity contribution < 1.29 is 12.6 Å². The van der Waals surface area contributed by atoms with Crippen LogP contribution in [0, 0.1) is 0 Å². The molecule has 1 fully saturated rings. The summed E-state index contributed by atoms with van der Waals surface area (Å²) in [6.45, 7) is 2.40. The molecule has 1 aliphatic rings. The minimum absolute atomic E-state index is 0.223. The van der Waals surface area contributed by atoms with Crippen molar-refractivity contribution in [2.75, 3.05) is 29.6 Å². The van der Waals surface area contributed by atoms with Gasteiger partial charge in [-0.3, -0.25) is 4.21 Å². The molecule has 6 heteroatoms. The van der Waals surface area contributed by atoms with Crippen molar-refractivity contribution in [2.24, 2.45) is 0 Å². The topological polar surface area (TPSA) is 63.2 Å². The average Bonchev–Trinajstić information content (AvgIpc) is 2.20. The standard InChI is InChI=1S/C10H21NO3S2/c1-2-8-16(13,14)9-5-11-10-3-6-15(12)7-4-10/h10-11H,2-9H2,1H3. The Labute approximate surface area is 101 Å². The third kappa shape index (κ3) is 5.41. The monoisotopic (exact) mass is 267 g/mol. The van der Waals surface area contributed by atoms with Crippen LogP contribution in [0.25, 0.3) is 0 Å². The highest BCUT2D eigenvalue weighted by Gasteiger charge is 2.17. The van der Waals surface area contributed by atoms with E-state index in [9.17, 15) is 12.6 Å². The molecular formula is C10H21NO3S2. The van der Waals surface area contributed by atoms with Crippen molar-refractivity contribution in [1.82, 2.24) is 5.32 Å². The maximum atomic E-state index is 11.4. The fraction of sp³-hybridized carbons (Fsp3) is 1.00. The van der Waals surface area contributed by atoms with Crippen molar-refractivity contribution in [2.45, 2.75) is 32.2 Å². The summed E-state index contributed by atoms with van der Waals surface area (Å²) in [4.78, 5) is 0. The zero-order valence-corrected chi connectivity index (χ0v) is 11.4. The Hall–Kier alpha value is 0.0600. The van der Waals surface area contributed by atoms with Crippen molar-refractivity contribution in [3.63, 3.8) is 0 Å². The van der Waals surface area contributed by atoms with Crippen LogP contribution in [0.15, 0.2) is 0 Å². The second kappa shape index (κ2) is 6.71. The smallest absolute Gasteiger partial charge is 0.151 e. The Morgan fingerprint density at radius 1 is 1.25 bits per heavy atom. The van der Waals surface area contributed by atoms with E-state index in [4.69, 9.17) is 0 Å². The van der Waals surface area contributed by atoms with Crippen molar-refractivity contribution >= 4 is 20.6 Å². The highest BCUT2D eigenvalue weighted by atomic mass is 32.2. The molecule has 0 atom stereocenters. The lowest BCUT2D eigenvalue weighted by Crippen LogP contribution is -2.38. The summed E-state index contributed by atoms with van der Waals surface area (Å²) < 4.78 is 34.0. The fourth-order valence-electron chi connectivity index (χ4n) is 1.83. The fourth-order valence-corrected chi connectivity index (χ4v) is 4.38. The van der Waals surface area contributed by atoms with E-state index in [1.807, 2.05) is 6.92 Å². The Bertz CT molecular complexity index is 317. The number of nitrogens with one attached hydrogen (secondary N) is 1. The lowest BCUT2D eigenvalue weighted by atomic mass is 10.1. The van der Waals surface area contributed by atoms with E-state index in [1.54, 1.807) is 0 Å². The Balaban J connectivity index is 2.18. The van der Waals surface area contributed by atoms with Gasteiger partial charge >= 0.3 is 0 Å². The van der Waals surface area contributed by atoms with E-state index < -0.39 is 20.6 Å². The Kier molecular flexibility index (Phi) is 5.92.